The number of hydrogen-bond donors (Lipinski definition) is 0. The molecule has 0 bridgehead atoms. The van der Waals surface area contributed by atoms with Crippen molar-refractivity contribution in [1.29, 1.82) is 0 Å². The van der Waals surface area contributed by atoms with Crippen LogP contribution in [0.15, 0.2) is 45.6 Å². The molecule has 0 N–H and O–H groups in total. The summed E-state index contributed by atoms with van der Waals surface area (Å²) >= 11 is 0. The first-order chi connectivity index (χ1) is 15.0. The van der Waals surface area contributed by atoms with Gasteiger partial charge in [0.25, 0.3) is 5.91 Å². The summed E-state index contributed by atoms with van der Waals surface area (Å²) in [7, 11) is 1.61. The highest BCUT2D eigenvalue weighted by molar-refractivity contribution is 5.99. The maximum Gasteiger partial charge on any atom is 0.291 e. The summed E-state index contributed by atoms with van der Waals surface area (Å²) < 4.78 is 17.2. The number of nitrogens with zero attached hydrogens (tertiary/aromatic N) is 1. The third-order valence-electron chi connectivity index (χ3n) is 6.27. The van der Waals surface area contributed by atoms with Crippen LogP contribution < -0.4 is 10.2 Å². The van der Waals surface area contributed by atoms with Crippen molar-refractivity contribution in [3.05, 3.63) is 74.6 Å². The molecule has 2 aromatic carbocycles. The zero-order valence-corrected chi connectivity index (χ0v) is 17.9. The third kappa shape index (κ3) is 3.22. The largest absolute Gasteiger partial charge is 0.497 e. The van der Waals surface area contributed by atoms with Crippen LogP contribution in [0.25, 0.3) is 11.0 Å². The standard InChI is InChI=1S/C25H25NO5/c1-14-11-15(2)20-19(12-14)31-24-21(23(20)27)22(16-6-8-17(29-3)9-7-16)26(25(24)28)13-18-5-4-10-30-18/h6-9,11-12,18,22H,4-5,10,13H2,1-3H3. The number of methoxy groups -OCH3 is 1. The lowest BCUT2D eigenvalue weighted by Crippen LogP contribution is -2.36. The fourth-order valence-corrected chi connectivity index (χ4v) is 4.84. The Balaban J connectivity index is 1.71. The van der Waals surface area contributed by atoms with Gasteiger partial charge in [-0.25, -0.2) is 0 Å². The summed E-state index contributed by atoms with van der Waals surface area (Å²) in [5.41, 5.74) is 3.42. The molecule has 160 valence electrons. The van der Waals surface area contributed by atoms with Gasteiger partial charge in [0.15, 0.2) is 5.43 Å². The summed E-state index contributed by atoms with van der Waals surface area (Å²) in [4.78, 5) is 28.9. The fourth-order valence-electron chi connectivity index (χ4n) is 4.84. The first kappa shape index (κ1) is 19.8. The van der Waals surface area contributed by atoms with Gasteiger partial charge in [0.1, 0.15) is 11.3 Å². The lowest BCUT2D eigenvalue weighted by Gasteiger charge is -2.27. The van der Waals surface area contributed by atoms with Gasteiger partial charge in [-0.15, -0.1) is 0 Å². The van der Waals surface area contributed by atoms with Crippen LogP contribution in [-0.4, -0.2) is 37.2 Å². The molecule has 2 aliphatic heterocycles. The normalized spacial score (nSPS) is 20.5. The number of amides is 1. The Kier molecular flexibility index (Phi) is 4.82. The molecule has 0 aliphatic carbocycles. The van der Waals surface area contributed by atoms with Crippen molar-refractivity contribution in [3.8, 4) is 5.75 Å². The smallest absolute Gasteiger partial charge is 0.291 e. The molecule has 6 heteroatoms. The Labute approximate surface area is 180 Å². The number of fused-ring (bicyclic) bond motifs is 2. The molecule has 0 spiro atoms. The van der Waals surface area contributed by atoms with Crippen LogP contribution in [0.1, 0.15) is 51.7 Å². The molecule has 2 atom stereocenters. The van der Waals surface area contributed by atoms with Crippen molar-refractivity contribution < 1.29 is 18.7 Å². The number of ether oxygens (including phenoxy) is 2. The highest BCUT2D eigenvalue weighted by Gasteiger charge is 2.44. The zero-order valence-electron chi connectivity index (χ0n) is 17.9. The molecule has 1 fully saturated rings. The zero-order chi connectivity index (χ0) is 21.7. The van der Waals surface area contributed by atoms with E-state index in [1.165, 1.54) is 0 Å². The van der Waals surface area contributed by atoms with Gasteiger partial charge in [-0.2, -0.15) is 0 Å². The molecule has 1 amide bonds. The SMILES string of the molecule is COc1ccc(C2c3c(oc4cc(C)cc(C)c4c3=O)C(=O)N2CC2CCCO2)cc1. The molecule has 2 aliphatic rings. The topological polar surface area (TPSA) is 69.0 Å². The van der Waals surface area contributed by atoms with E-state index in [4.69, 9.17) is 13.9 Å². The van der Waals surface area contributed by atoms with Crippen LogP contribution in [0, 0.1) is 13.8 Å². The van der Waals surface area contributed by atoms with Crippen molar-refractivity contribution in [2.75, 3.05) is 20.3 Å². The number of carbonyl (C=O) groups excluding carboxylic acids is 1. The van der Waals surface area contributed by atoms with Gasteiger partial charge >= 0.3 is 0 Å². The average Bonchev–Trinajstić information content (AvgIpc) is 3.35. The van der Waals surface area contributed by atoms with E-state index in [0.29, 0.717) is 29.7 Å². The molecule has 0 radical (unpaired) electrons. The van der Waals surface area contributed by atoms with Crippen LogP contribution in [0.4, 0.5) is 0 Å². The van der Waals surface area contributed by atoms with E-state index < -0.39 is 6.04 Å². The first-order valence-corrected chi connectivity index (χ1v) is 10.6. The van der Waals surface area contributed by atoms with Crippen LogP contribution >= 0.6 is 0 Å². The molecule has 3 heterocycles. The van der Waals surface area contributed by atoms with Gasteiger partial charge in [-0.3, -0.25) is 9.59 Å². The second-order valence-corrected chi connectivity index (χ2v) is 8.40. The van der Waals surface area contributed by atoms with Crippen LogP contribution in [0.2, 0.25) is 0 Å². The Morgan fingerprint density at radius 3 is 2.58 bits per heavy atom. The number of benzene rings is 2. The summed E-state index contributed by atoms with van der Waals surface area (Å²) in [6.45, 7) is 4.98. The van der Waals surface area contributed by atoms with Gasteiger partial charge < -0.3 is 18.8 Å². The fraction of sp³-hybridized carbons (Fsp3) is 0.360. The van der Waals surface area contributed by atoms with Gasteiger partial charge in [0.05, 0.1) is 30.2 Å². The minimum Gasteiger partial charge on any atom is -0.497 e. The van der Waals surface area contributed by atoms with Gasteiger partial charge in [-0.05, 0) is 61.6 Å². The molecule has 3 aromatic rings. The van der Waals surface area contributed by atoms with Crippen molar-refractivity contribution in [3.63, 3.8) is 0 Å². The van der Waals surface area contributed by atoms with Crippen molar-refractivity contribution in [2.45, 2.75) is 38.8 Å². The van der Waals surface area contributed by atoms with Crippen molar-refractivity contribution in [1.82, 2.24) is 4.90 Å². The van der Waals surface area contributed by atoms with E-state index in [-0.39, 0.29) is 23.2 Å². The Bertz CT molecular complexity index is 1220. The number of carbonyl (C=O) groups is 1. The molecule has 1 aromatic heterocycles. The van der Waals surface area contributed by atoms with Gasteiger partial charge in [0.2, 0.25) is 5.76 Å². The van der Waals surface area contributed by atoms with Crippen LogP contribution in [-0.2, 0) is 4.74 Å². The summed E-state index contributed by atoms with van der Waals surface area (Å²) in [5, 5.41) is 0.537. The first-order valence-electron chi connectivity index (χ1n) is 10.6. The molecule has 6 nitrogen and oxygen atoms in total. The number of aryl methyl sites for hydroxylation is 2. The number of hydrogen-bond acceptors (Lipinski definition) is 5. The van der Waals surface area contributed by atoms with E-state index in [0.717, 1.165) is 35.3 Å². The van der Waals surface area contributed by atoms with E-state index in [1.807, 2.05) is 50.2 Å². The van der Waals surface area contributed by atoms with Crippen LogP contribution in [0.3, 0.4) is 0 Å². The summed E-state index contributed by atoms with van der Waals surface area (Å²) in [6.07, 6.45) is 1.84. The van der Waals surface area contributed by atoms with E-state index >= 15 is 0 Å². The Morgan fingerprint density at radius 1 is 1.13 bits per heavy atom. The number of rotatable bonds is 4. The molecule has 1 saturated heterocycles. The van der Waals surface area contributed by atoms with Crippen LogP contribution in [0.5, 0.6) is 5.75 Å². The average molecular weight is 419 g/mol. The predicted molar refractivity (Wildman–Crippen MR) is 117 cm³/mol. The summed E-state index contributed by atoms with van der Waals surface area (Å²) in [6, 6.07) is 10.8. The van der Waals surface area contributed by atoms with E-state index in [1.54, 1.807) is 12.0 Å². The molecule has 0 saturated carbocycles. The Morgan fingerprint density at radius 2 is 1.90 bits per heavy atom. The summed E-state index contributed by atoms with van der Waals surface area (Å²) in [5.74, 6) is 0.599. The minimum absolute atomic E-state index is 0.0347. The van der Waals surface area contributed by atoms with E-state index in [2.05, 4.69) is 0 Å². The lowest BCUT2D eigenvalue weighted by molar-refractivity contribution is 0.0486. The second-order valence-electron chi connectivity index (χ2n) is 8.40. The molecule has 2 unspecified atom stereocenters. The molecule has 5 rings (SSSR count). The van der Waals surface area contributed by atoms with E-state index in [9.17, 15) is 9.59 Å². The van der Waals surface area contributed by atoms with Gasteiger partial charge in [-0.1, -0.05) is 18.2 Å². The highest BCUT2D eigenvalue weighted by Crippen LogP contribution is 2.39. The van der Waals surface area contributed by atoms with Crippen molar-refractivity contribution >= 4 is 16.9 Å². The maximum atomic E-state index is 13.7. The minimum atomic E-state index is -0.515. The van der Waals surface area contributed by atoms with Gasteiger partial charge in [0, 0.05) is 13.2 Å². The highest BCUT2D eigenvalue weighted by atomic mass is 16.5. The molecular weight excluding hydrogens is 394 g/mol. The predicted octanol–water partition coefficient (Wildman–Crippen LogP) is 4.14. The quantitative estimate of drug-likeness (QED) is 0.636. The lowest BCUT2D eigenvalue weighted by atomic mass is 9.96. The molecule has 31 heavy (non-hydrogen) atoms. The third-order valence-corrected chi connectivity index (χ3v) is 6.27. The second kappa shape index (κ2) is 7.54. The monoisotopic (exact) mass is 419 g/mol. The van der Waals surface area contributed by atoms with Crippen molar-refractivity contribution in [2.24, 2.45) is 0 Å². The molecular formula is C25H25NO5. The Hall–Kier alpha value is -3.12. The maximum absolute atomic E-state index is 13.7.